The topological polar surface area (TPSA) is 65.0 Å². The van der Waals surface area contributed by atoms with Gasteiger partial charge in [-0.3, -0.25) is 9.59 Å². The largest absolute Gasteiger partial charge is 0.356 e. The maximum atomic E-state index is 13.0. The number of hydrogen-bond acceptors (Lipinski definition) is 5. The van der Waals surface area contributed by atoms with Gasteiger partial charge in [0, 0.05) is 31.4 Å². The third-order valence-electron chi connectivity index (χ3n) is 4.54. The van der Waals surface area contributed by atoms with E-state index in [0.29, 0.717) is 22.8 Å². The van der Waals surface area contributed by atoms with Crippen LogP contribution in [-0.4, -0.2) is 47.4 Å². The second-order valence-electron chi connectivity index (χ2n) is 6.77. The molecule has 2 aliphatic rings. The van der Waals surface area contributed by atoms with Crippen molar-refractivity contribution in [2.45, 2.75) is 26.3 Å². The van der Waals surface area contributed by atoms with Gasteiger partial charge in [-0.15, -0.1) is 0 Å². The summed E-state index contributed by atoms with van der Waals surface area (Å²) in [6, 6.07) is 7.09. The molecular weight excluding hydrogens is 396 g/mol. The van der Waals surface area contributed by atoms with E-state index < -0.39 is 0 Å². The van der Waals surface area contributed by atoms with E-state index in [1.54, 1.807) is 19.0 Å². The van der Waals surface area contributed by atoms with Crippen LogP contribution in [0.3, 0.4) is 0 Å². The Morgan fingerprint density at radius 2 is 1.96 bits per heavy atom. The number of rotatable bonds is 5. The van der Waals surface area contributed by atoms with Gasteiger partial charge in [0.1, 0.15) is 0 Å². The predicted octanol–water partition coefficient (Wildman–Crippen LogP) is 3.53. The highest BCUT2D eigenvalue weighted by Crippen LogP contribution is 2.44. The van der Waals surface area contributed by atoms with Crippen molar-refractivity contribution in [2.75, 3.05) is 20.6 Å². The Morgan fingerprint density at radius 1 is 1.29 bits per heavy atom. The van der Waals surface area contributed by atoms with E-state index >= 15 is 0 Å². The van der Waals surface area contributed by atoms with Crippen molar-refractivity contribution < 1.29 is 9.59 Å². The predicted molar refractivity (Wildman–Crippen MR) is 114 cm³/mol. The molecule has 0 aromatic heterocycles. The highest BCUT2D eigenvalue weighted by atomic mass is 35.5. The lowest BCUT2D eigenvalue weighted by Gasteiger charge is -2.37. The van der Waals surface area contributed by atoms with Crippen LogP contribution in [0.15, 0.2) is 51.6 Å². The van der Waals surface area contributed by atoms with Gasteiger partial charge in [0.25, 0.3) is 5.91 Å². The zero-order chi connectivity index (χ0) is 20.4. The average Bonchev–Trinajstić information content (AvgIpc) is 3.03. The van der Waals surface area contributed by atoms with E-state index in [9.17, 15) is 9.59 Å². The van der Waals surface area contributed by atoms with Gasteiger partial charge in [0.15, 0.2) is 5.17 Å². The van der Waals surface area contributed by atoms with Crippen molar-refractivity contribution in [3.63, 3.8) is 0 Å². The van der Waals surface area contributed by atoms with Gasteiger partial charge < -0.3 is 15.1 Å². The number of carbonyl (C=O) groups excluding carboxylic acids is 2. The number of thioether (sulfide) groups is 1. The Labute approximate surface area is 174 Å². The van der Waals surface area contributed by atoms with Crippen molar-refractivity contribution in [3.05, 3.63) is 57.2 Å². The molecule has 0 aliphatic carbocycles. The Morgan fingerprint density at radius 3 is 2.57 bits per heavy atom. The molecular formula is C20H23ClN4O2S. The van der Waals surface area contributed by atoms with Gasteiger partial charge in [0.2, 0.25) is 5.91 Å². The molecule has 0 fully saturated rings. The highest BCUT2D eigenvalue weighted by Gasteiger charge is 2.40. The fourth-order valence-corrected chi connectivity index (χ4v) is 4.36. The fourth-order valence-electron chi connectivity index (χ4n) is 3.27. The van der Waals surface area contributed by atoms with Crippen LogP contribution in [0.2, 0.25) is 5.02 Å². The van der Waals surface area contributed by atoms with Crippen LogP contribution in [0.1, 0.15) is 31.9 Å². The minimum Gasteiger partial charge on any atom is -0.356 e. The van der Waals surface area contributed by atoms with E-state index in [2.05, 4.69) is 10.3 Å². The minimum absolute atomic E-state index is 0.0581. The van der Waals surface area contributed by atoms with Crippen LogP contribution in [0.5, 0.6) is 0 Å². The Hall–Kier alpha value is -2.25. The van der Waals surface area contributed by atoms with Crippen LogP contribution in [0.25, 0.3) is 0 Å². The minimum atomic E-state index is -0.365. The smallest absolute Gasteiger partial charge is 0.253 e. The third-order valence-corrected chi connectivity index (χ3v) is 5.68. The number of benzene rings is 1. The lowest BCUT2D eigenvalue weighted by molar-refractivity contribution is -0.125. The summed E-state index contributed by atoms with van der Waals surface area (Å²) in [5.74, 6) is -0.160. The van der Waals surface area contributed by atoms with Gasteiger partial charge >= 0.3 is 0 Å². The molecule has 148 valence electrons. The molecule has 0 spiro atoms. The molecule has 1 atom stereocenters. The lowest BCUT2D eigenvalue weighted by Crippen LogP contribution is -2.40. The quantitative estimate of drug-likeness (QED) is 0.794. The first-order valence-corrected chi connectivity index (χ1v) is 10.3. The van der Waals surface area contributed by atoms with E-state index in [1.165, 1.54) is 11.8 Å². The number of hydrogen-bond donors (Lipinski definition) is 1. The summed E-state index contributed by atoms with van der Waals surface area (Å²) in [6.45, 7) is 4.32. The third kappa shape index (κ3) is 3.95. The van der Waals surface area contributed by atoms with Crippen LogP contribution >= 0.6 is 23.4 Å². The molecule has 1 aromatic carbocycles. The number of aliphatic imine (C=N–C) groups is 1. The molecule has 0 saturated heterocycles. The van der Waals surface area contributed by atoms with Gasteiger partial charge in [-0.25, -0.2) is 4.99 Å². The second-order valence-corrected chi connectivity index (χ2v) is 8.05. The molecule has 8 heteroatoms. The molecule has 0 saturated carbocycles. The monoisotopic (exact) mass is 418 g/mol. The Bertz CT molecular complexity index is 890. The number of likely N-dealkylation sites (N-methyl/N-ethyl adjacent to an activating group) is 1. The normalized spacial score (nSPS) is 18.5. The van der Waals surface area contributed by atoms with E-state index in [4.69, 9.17) is 11.6 Å². The summed E-state index contributed by atoms with van der Waals surface area (Å²) in [7, 11) is 3.45. The van der Waals surface area contributed by atoms with Crippen molar-refractivity contribution in [1.29, 1.82) is 0 Å². The molecule has 28 heavy (non-hydrogen) atoms. The molecule has 3 rings (SSSR count). The maximum absolute atomic E-state index is 13.0. The number of nitrogens with one attached hydrogen (secondary N) is 1. The van der Waals surface area contributed by atoms with Crippen LogP contribution < -0.4 is 5.32 Å². The Balaban J connectivity index is 2.08. The van der Waals surface area contributed by atoms with E-state index in [1.807, 2.05) is 48.4 Å². The summed E-state index contributed by atoms with van der Waals surface area (Å²) < 4.78 is 0. The molecule has 6 nitrogen and oxygen atoms in total. The second kappa shape index (κ2) is 8.41. The number of halogens is 1. The zero-order valence-corrected chi connectivity index (χ0v) is 17.9. The van der Waals surface area contributed by atoms with Crippen molar-refractivity contribution in [1.82, 2.24) is 15.1 Å². The van der Waals surface area contributed by atoms with E-state index in [-0.39, 0.29) is 24.3 Å². The highest BCUT2D eigenvalue weighted by molar-refractivity contribution is 8.16. The maximum Gasteiger partial charge on any atom is 0.253 e. The summed E-state index contributed by atoms with van der Waals surface area (Å²) in [5.41, 5.74) is 3.03. The lowest BCUT2D eigenvalue weighted by atomic mass is 9.93. The van der Waals surface area contributed by atoms with E-state index in [0.717, 1.165) is 16.4 Å². The van der Waals surface area contributed by atoms with Gasteiger partial charge in [-0.1, -0.05) is 35.5 Å². The number of amides is 2. The number of carbonyl (C=O) groups is 2. The first kappa shape index (κ1) is 20.5. The molecule has 2 aliphatic heterocycles. The summed E-state index contributed by atoms with van der Waals surface area (Å²) in [6.07, 6.45) is 0.229. The SMILES string of the molecule is CCNC(=O)CC1=CSC2=NC(C)=C(C(=O)N(C)C)C(c3ccc(Cl)cc3)N12. The molecule has 1 aromatic rings. The van der Waals surface area contributed by atoms with Crippen molar-refractivity contribution in [2.24, 2.45) is 4.99 Å². The molecule has 1 unspecified atom stereocenters. The molecule has 2 amide bonds. The number of fused-ring (bicyclic) bond motifs is 1. The summed E-state index contributed by atoms with van der Waals surface area (Å²) in [4.78, 5) is 33.4. The number of nitrogens with zero attached hydrogens (tertiary/aromatic N) is 3. The summed E-state index contributed by atoms with van der Waals surface area (Å²) >= 11 is 7.55. The number of amidine groups is 1. The van der Waals surface area contributed by atoms with Crippen LogP contribution in [-0.2, 0) is 9.59 Å². The Kier molecular flexibility index (Phi) is 6.15. The standard InChI is InChI=1S/C20H23ClN4O2S/c1-5-22-16(26)10-15-11-28-20-23-12(2)17(19(27)24(3)4)18(25(15)20)13-6-8-14(21)9-7-13/h6-9,11,18H,5,10H2,1-4H3,(H,22,26). The molecule has 1 N–H and O–H groups in total. The first-order chi connectivity index (χ1) is 13.3. The van der Waals surface area contributed by atoms with Crippen LogP contribution in [0, 0.1) is 0 Å². The van der Waals surface area contributed by atoms with Crippen molar-refractivity contribution in [3.8, 4) is 0 Å². The van der Waals surface area contributed by atoms with Gasteiger partial charge in [-0.2, -0.15) is 0 Å². The fraction of sp³-hybridized carbons (Fsp3) is 0.350. The van der Waals surface area contributed by atoms with Gasteiger partial charge in [-0.05, 0) is 37.0 Å². The van der Waals surface area contributed by atoms with Gasteiger partial charge in [0.05, 0.1) is 23.7 Å². The number of allylic oxidation sites excluding steroid dienone is 1. The molecule has 0 radical (unpaired) electrons. The molecule has 2 heterocycles. The molecule has 0 bridgehead atoms. The first-order valence-electron chi connectivity index (χ1n) is 9.01. The average molecular weight is 419 g/mol. The van der Waals surface area contributed by atoms with Crippen LogP contribution in [0.4, 0.5) is 0 Å². The van der Waals surface area contributed by atoms with Crippen molar-refractivity contribution >= 4 is 40.3 Å². The summed E-state index contributed by atoms with van der Waals surface area (Å²) in [5, 5.41) is 6.17. The zero-order valence-electron chi connectivity index (χ0n) is 16.3.